The van der Waals surface area contributed by atoms with Gasteiger partial charge in [-0.1, -0.05) is 84.4 Å². The van der Waals surface area contributed by atoms with Crippen LogP contribution in [0.2, 0.25) is 0 Å². The highest BCUT2D eigenvalue weighted by Gasteiger charge is 2.27. The van der Waals surface area contributed by atoms with E-state index >= 15 is 0 Å². The average molecular weight is 544 g/mol. The highest BCUT2D eigenvalue weighted by molar-refractivity contribution is 7.16. The van der Waals surface area contributed by atoms with Crippen LogP contribution < -0.4 is 10.2 Å². The van der Waals surface area contributed by atoms with E-state index in [2.05, 4.69) is 11.4 Å². The number of aromatic nitrogens is 1. The van der Waals surface area contributed by atoms with Gasteiger partial charge in [0.2, 0.25) is 5.91 Å². The van der Waals surface area contributed by atoms with Gasteiger partial charge >= 0.3 is 0 Å². The molecule has 0 radical (unpaired) electrons. The van der Waals surface area contributed by atoms with Crippen LogP contribution in [0.5, 0.6) is 0 Å². The molecular weight excluding hydrogens is 514 g/mol. The summed E-state index contributed by atoms with van der Waals surface area (Å²) < 4.78 is 0. The van der Waals surface area contributed by atoms with Gasteiger partial charge in [0.25, 0.3) is 5.91 Å². The predicted octanol–water partition coefficient (Wildman–Crippen LogP) is 7.40. The molecule has 1 aromatic heterocycles. The Balaban J connectivity index is 1.24. The summed E-state index contributed by atoms with van der Waals surface area (Å²) in [4.78, 5) is 34.5. The first-order valence-corrected chi connectivity index (χ1v) is 14.2. The number of hydrogen-bond donors (Lipinski definition) is 1. The molecule has 0 unspecified atom stereocenters. The minimum atomic E-state index is -0.438. The maximum Gasteiger partial charge on any atom is 0.258 e. The third-order valence-electron chi connectivity index (χ3n) is 7.31. The van der Waals surface area contributed by atoms with E-state index in [0.29, 0.717) is 17.2 Å². The molecule has 1 aliphatic rings. The van der Waals surface area contributed by atoms with E-state index in [4.69, 9.17) is 4.98 Å². The Bertz CT molecular complexity index is 1660. The predicted molar refractivity (Wildman–Crippen MR) is 162 cm³/mol. The number of anilines is 2. The molecule has 4 aromatic carbocycles. The SMILES string of the molecule is Cc1cccc(C(=O)N2CCc3cc(-c4nc(NC(=O)C(c5ccccc5)c5ccccc5)sc4C)ccc32)c1. The van der Waals surface area contributed by atoms with Gasteiger partial charge in [0.05, 0.1) is 11.6 Å². The second-order valence-corrected chi connectivity index (χ2v) is 11.3. The average Bonchev–Trinajstić information content (AvgIpc) is 3.56. The number of fused-ring (bicyclic) bond motifs is 1. The fraction of sp³-hybridized carbons (Fsp3) is 0.147. The van der Waals surface area contributed by atoms with Gasteiger partial charge in [0.15, 0.2) is 5.13 Å². The van der Waals surface area contributed by atoms with Crippen LogP contribution in [0.4, 0.5) is 10.8 Å². The summed E-state index contributed by atoms with van der Waals surface area (Å²) in [6.45, 7) is 4.68. The van der Waals surface area contributed by atoms with Crippen LogP contribution in [0.15, 0.2) is 103 Å². The molecule has 0 aliphatic carbocycles. The number of thiazole rings is 1. The number of rotatable bonds is 6. The summed E-state index contributed by atoms with van der Waals surface area (Å²) in [5, 5.41) is 3.66. The van der Waals surface area contributed by atoms with Gasteiger partial charge in [-0.25, -0.2) is 4.98 Å². The standard InChI is InChI=1S/C34H29N3O2S/c1-22-10-9-15-28(20-22)33(39)37-19-18-26-21-27(16-17-29(26)37)31-23(2)40-34(35-31)36-32(38)30(24-11-5-3-6-12-24)25-13-7-4-8-14-25/h3-17,20-21,30H,18-19H2,1-2H3,(H,35,36,38). The zero-order valence-electron chi connectivity index (χ0n) is 22.4. The van der Waals surface area contributed by atoms with Gasteiger partial charge in [0.1, 0.15) is 0 Å². The number of aryl methyl sites for hydroxylation is 2. The van der Waals surface area contributed by atoms with E-state index < -0.39 is 5.92 Å². The molecule has 0 saturated heterocycles. The maximum atomic E-state index is 13.6. The Kier molecular flexibility index (Phi) is 7.01. The van der Waals surface area contributed by atoms with Crippen molar-refractivity contribution in [1.29, 1.82) is 0 Å². The van der Waals surface area contributed by atoms with Crippen molar-refractivity contribution in [2.45, 2.75) is 26.2 Å². The molecule has 0 bridgehead atoms. The summed E-state index contributed by atoms with van der Waals surface area (Å²) in [5.74, 6) is -0.527. The zero-order valence-corrected chi connectivity index (χ0v) is 23.2. The molecule has 40 heavy (non-hydrogen) atoms. The number of nitrogens with one attached hydrogen (secondary N) is 1. The lowest BCUT2D eigenvalue weighted by Gasteiger charge is -2.18. The molecular formula is C34H29N3O2S. The molecule has 6 heteroatoms. The van der Waals surface area contributed by atoms with Crippen molar-refractivity contribution in [3.05, 3.63) is 136 Å². The summed E-state index contributed by atoms with van der Waals surface area (Å²) >= 11 is 1.48. The van der Waals surface area contributed by atoms with Gasteiger partial charge in [-0.05, 0) is 61.2 Å². The summed E-state index contributed by atoms with van der Waals surface area (Å²) in [5.41, 5.74) is 7.56. The summed E-state index contributed by atoms with van der Waals surface area (Å²) in [6, 6.07) is 33.5. The molecule has 5 nitrogen and oxygen atoms in total. The molecule has 0 fully saturated rings. The summed E-state index contributed by atoms with van der Waals surface area (Å²) in [6.07, 6.45) is 0.795. The van der Waals surface area contributed by atoms with E-state index in [0.717, 1.165) is 50.5 Å². The zero-order chi connectivity index (χ0) is 27.6. The third-order valence-corrected chi connectivity index (χ3v) is 8.20. The second-order valence-electron chi connectivity index (χ2n) is 10.1. The van der Waals surface area contributed by atoms with Crippen LogP contribution in [0.1, 0.15) is 43.4 Å². The number of carbonyl (C=O) groups excluding carboxylic acids is 2. The van der Waals surface area contributed by atoms with Gasteiger partial charge in [-0.15, -0.1) is 11.3 Å². The van der Waals surface area contributed by atoms with Crippen LogP contribution in [-0.4, -0.2) is 23.3 Å². The number of carbonyl (C=O) groups is 2. The first-order valence-electron chi connectivity index (χ1n) is 13.4. The first kappa shape index (κ1) is 25.7. The molecule has 2 amide bonds. The molecule has 2 heterocycles. The third kappa shape index (κ3) is 5.06. The topological polar surface area (TPSA) is 62.3 Å². The Morgan fingerprint density at radius 2 is 1.55 bits per heavy atom. The van der Waals surface area contributed by atoms with Crippen molar-refractivity contribution >= 4 is 34.0 Å². The minimum absolute atomic E-state index is 0.0245. The van der Waals surface area contributed by atoms with E-state index in [-0.39, 0.29) is 11.8 Å². The Labute approximate surface area is 238 Å². The maximum absolute atomic E-state index is 13.6. The molecule has 1 N–H and O–H groups in total. The first-order chi connectivity index (χ1) is 19.5. The van der Waals surface area contributed by atoms with Gasteiger partial charge in [0, 0.05) is 28.2 Å². The minimum Gasteiger partial charge on any atom is -0.308 e. The lowest BCUT2D eigenvalue weighted by Crippen LogP contribution is -2.28. The second kappa shape index (κ2) is 10.9. The lowest BCUT2D eigenvalue weighted by molar-refractivity contribution is -0.116. The molecule has 0 spiro atoms. The van der Waals surface area contributed by atoms with E-state index in [1.54, 1.807) is 0 Å². The highest BCUT2D eigenvalue weighted by atomic mass is 32.1. The molecule has 5 aromatic rings. The van der Waals surface area contributed by atoms with Crippen molar-refractivity contribution in [2.75, 3.05) is 16.8 Å². The number of nitrogens with zero attached hydrogens (tertiary/aromatic N) is 2. The monoisotopic (exact) mass is 543 g/mol. The fourth-order valence-corrected chi connectivity index (χ4v) is 6.21. The summed E-state index contributed by atoms with van der Waals surface area (Å²) in [7, 11) is 0. The van der Waals surface area contributed by atoms with Crippen LogP contribution >= 0.6 is 11.3 Å². The van der Waals surface area contributed by atoms with Gasteiger partial charge in [-0.2, -0.15) is 0 Å². The van der Waals surface area contributed by atoms with Crippen molar-refractivity contribution in [3.8, 4) is 11.3 Å². The van der Waals surface area contributed by atoms with Crippen LogP contribution in [0, 0.1) is 13.8 Å². The molecule has 0 saturated carbocycles. The molecule has 0 atom stereocenters. The van der Waals surface area contributed by atoms with Crippen molar-refractivity contribution < 1.29 is 9.59 Å². The van der Waals surface area contributed by atoms with Crippen LogP contribution in [0.3, 0.4) is 0 Å². The largest absolute Gasteiger partial charge is 0.308 e. The Morgan fingerprint density at radius 1 is 0.850 bits per heavy atom. The normalized spacial score (nSPS) is 12.4. The number of benzene rings is 4. The Morgan fingerprint density at radius 3 is 2.23 bits per heavy atom. The quantitative estimate of drug-likeness (QED) is 0.243. The van der Waals surface area contributed by atoms with Crippen LogP contribution in [-0.2, 0) is 11.2 Å². The highest BCUT2D eigenvalue weighted by Crippen LogP contribution is 2.37. The van der Waals surface area contributed by atoms with E-state index in [9.17, 15) is 9.59 Å². The van der Waals surface area contributed by atoms with Crippen molar-refractivity contribution in [2.24, 2.45) is 0 Å². The lowest BCUT2D eigenvalue weighted by atomic mass is 9.90. The molecule has 1 aliphatic heterocycles. The molecule has 198 valence electrons. The van der Waals surface area contributed by atoms with Gasteiger partial charge < -0.3 is 10.2 Å². The number of hydrogen-bond acceptors (Lipinski definition) is 4. The fourth-order valence-electron chi connectivity index (χ4n) is 5.38. The van der Waals surface area contributed by atoms with Crippen LogP contribution in [0.25, 0.3) is 11.3 Å². The van der Waals surface area contributed by atoms with Crippen molar-refractivity contribution in [3.63, 3.8) is 0 Å². The number of amides is 2. The van der Waals surface area contributed by atoms with Crippen molar-refractivity contribution in [1.82, 2.24) is 4.98 Å². The van der Waals surface area contributed by atoms with Gasteiger partial charge in [-0.3, -0.25) is 9.59 Å². The van der Waals surface area contributed by atoms with E-state index in [1.165, 1.54) is 11.3 Å². The van der Waals surface area contributed by atoms with E-state index in [1.807, 2.05) is 116 Å². The Hall–Kier alpha value is -4.55. The molecule has 6 rings (SSSR count). The smallest absolute Gasteiger partial charge is 0.258 e.